The van der Waals surface area contributed by atoms with E-state index in [0.29, 0.717) is 6.54 Å². The molecule has 1 unspecified atom stereocenters. The van der Waals surface area contributed by atoms with E-state index in [-0.39, 0.29) is 40.8 Å². The predicted molar refractivity (Wildman–Crippen MR) is 79.1 cm³/mol. The van der Waals surface area contributed by atoms with Crippen molar-refractivity contribution >= 4 is 21.9 Å². The number of hydrogen-bond acceptors (Lipinski definition) is 4. The summed E-state index contributed by atoms with van der Waals surface area (Å²) in [6, 6.07) is 0. The normalized spacial score (nSPS) is 44.7. The van der Waals surface area contributed by atoms with Crippen LogP contribution in [0, 0.1) is 6.57 Å². The summed E-state index contributed by atoms with van der Waals surface area (Å²) in [5.74, 6) is -0.269. The van der Waals surface area contributed by atoms with Gasteiger partial charge in [-0.1, -0.05) is 15.9 Å². The molecule has 5 nitrogen and oxygen atoms in total. The minimum Gasteiger partial charge on any atom is -0.459 e. The van der Waals surface area contributed by atoms with Gasteiger partial charge in [0.1, 0.15) is 6.10 Å². The maximum Gasteiger partial charge on any atom is 0.303 e. The van der Waals surface area contributed by atoms with E-state index in [1.807, 2.05) is 0 Å². The number of alkyl halides is 1. The highest BCUT2D eigenvalue weighted by atomic mass is 79.9. The SMILES string of the molecule is [C-]#[N+]CC[C@H]1CC[C@@H]2O[C@@H]3CC2(C[C@@H](Br)[C@H]3OC(C)=O)O1. The van der Waals surface area contributed by atoms with E-state index in [0.717, 1.165) is 32.1 Å². The molecule has 0 aromatic carbocycles. The number of ether oxygens (including phenoxy) is 3. The molecule has 2 heterocycles. The molecule has 1 saturated carbocycles. The van der Waals surface area contributed by atoms with Crippen LogP contribution in [0.1, 0.15) is 39.0 Å². The molecule has 6 heteroatoms. The van der Waals surface area contributed by atoms with Gasteiger partial charge >= 0.3 is 5.97 Å². The molecule has 3 aliphatic rings. The fraction of sp³-hybridized carbons (Fsp3) is 0.867. The Morgan fingerprint density at radius 3 is 3.00 bits per heavy atom. The number of esters is 1. The third-order valence-electron chi connectivity index (χ3n) is 4.75. The fourth-order valence-electron chi connectivity index (χ4n) is 3.93. The Morgan fingerprint density at radius 1 is 1.48 bits per heavy atom. The van der Waals surface area contributed by atoms with E-state index in [2.05, 4.69) is 20.8 Å². The summed E-state index contributed by atoms with van der Waals surface area (Å²) in [6.07, 6.45) is 4.21. The third-order valence-corrected chi connectivity index (χ3v) is 5.60. The van der Waals surface area contributed by atoms with E-state index in [4.69, 9.17) is 20.8 Å². The minimum absolute atomic E-state index is 0.0600. The Morgan fingerprint density at radius 2 is 2.29 bits per heavy atom. The maximum absolute atomic E-state index is 11.3. The molecule has 3 fully saturated rings. The van der Waals surface area contributed by atoms with Crippen molar-refractivity contribution in [1.29, 1.82) is 0 Å². The van der Waals surface area contributed by atoms with Crippen LogP contribution in [-0.4, -0.2) is 47.4 Å². The first-order valence-corrected chi connectivity index (χ1v) is 8.43. The molecule has 0 N–H and O–H groups in total. The van der Waals surface area contributed by atoms with E-state index in [9.17, 15) is 4.79 Å². The highest BCUT2D eigenvalue weighted by Gasteiger charge is 2.60. The molecule has 2 bridgehead atoms. The topological polar surface area (TPSA) is 49.1 Å². The Bertz CT molecular complexity index is 465. The van der Waals surface area contributed by atoms with Crippen LogP contribution in [0.4, 0.5) is 0 Å². The van der Waals surface area contributed by atoms with Crippen molar-refractivity contribution in [2.24, 2.45) is 0 Å². The second-order valence-corrected chi connectivity index (χ2v) is 7.39. The number of halogens is 1. The average molecular weight is 358 g/mol. The summed E-state index contributed by atoms with van der Waals surface area (Å²) in [7, 11) is 0. The van der Waals surface area contributed by atoms with Gasteiger partial charge in [0.05, 0.1) is 28.7 Å². The predicted octanol–water partition coefficient (Wildman–Crippen LogP) is 2.47. The van der Waals surface area contributed by atoms with E-state index in [1.54, 1.807) is 0 Å². The lowest BCUT2D eigenvalue weighted by Gasteiger charge is -2.44. The second kappa shape index (κ2) is 5.86. The number of hydrogen-bond donors (Lipinski definition) is 0. The number of carbonyl (C=O) groups is 1. The molecule has 2 saturated heterocycles. The van der Waals surface area contributed by atoms with Crippen LogP contribution < -0.4 is 0 Å². The summed E-state index contributed by atoms with van der Waals surface area (Å²) in [5, 5.41) is 0. The molecule has 0 aromatic rings. The van der Waals surface area contributed by atoms with Gasteiger partial charge in [-0.3, -0.25) is 4.79 Å². The lowest BCUT2D eigenvalue weighted by Crippen LogP contribution is -2.53. The number of carbonyl (C=O) groups excluding carboxylic acids is 1. The third kappa shape index (κ3) is 2.84. The van der Waals surface area contributed by atoms with Crippen molar-refractivity contribution < 1.29 is 19.0 Å². The molecular formula is C15H20BrNO4. The van der Waals surface area contributed by atoms with Crippen LogP contribution in [0.15, 0.2) is 0 Å². The van der Waals surface area contributed by atoms with Crippen LogP contribution in [0.25, 0.3) is 4.85 Å². The van der Waals surface area contributed by atoms with Gasteiger partial charge in [-0.05, 0) is 19.3 Å². The Hall–Kier alpha value is -0.640. The van der Waals surface area contributed by atoms with Crippen molar-refractivity contribution in [1.82, 2.24) is 0 Å². The van der Waals surface area contributed by atoms with Crippen LogP contribution in [0.3, 0.4) is 0 Å². The van der Waals surface area contributed by atoms with Gasteiger partial charge in [0.2, 0.25) is 6.54 Å². The maximum atomic E-state index is 11.3. The van der Waals surface area contributed by atoms with Crippen molar-refractivity contribution in [3.8, 4) is 0 Å². The molecule has 6 atom stereocenters. The lowest BCUT2D eigenvalue weighted by molar-refractivity contribution is -0.165. The fourth-order valence-corrected chi connectivity index (χ4v) is 4.92. The van der Waals surface area contributed by atoms with Crippen molar-refractivity contribution in [3.05, 3.63) is 11.4 Å². The number of nitrogens with zero attached hydrogens (tertiary/aromatic N) is 1. The highest BCUT2D eigenvalue weighted by Crippen LogP contribution is 2.51. The van der Waals surface area contributed by atoms with Gasteiger partial charge in [0.15, 0.2) is 0 Å². The molecule has 21 heavy (non-hydrogen) atoms. The zero-order valence-electron chi connectivity index (χ0n) is 12.1. The lowest BCUT2D eigenvalue weighted by atomic mass is 9.77. The molecular weight excluding hydrogens is 338 g/mol. The van der Waals surface area contributed by atoms with E-state index < -0.39 is 0 Å². The summed E-state index contributed by atoms with van der Waals surface area (Å²) in [5.41, 5.74) is -0.263. The first-order chi connectivity index (χ1) is 10.0. The number of fused-ring (bicyclic) bond motifs is 1. The van der Waals surface area contributed by atoms with Crippen molar-refractivity contribution in [2.45, 2.75) is 73.9 Å². The minimum atomic E-state index is -0.269. The highest BCUT2D eigenvalue weighted by molar-refractivity contribution is 9.09. The van der Waals surface area contributed by atoms with Crippen molar-refractivity contribution in [3.63, 3.8) is 0 Å². The molecule has 0 amide bonds. The molecule has 1 spiro atoms. The molecule has 1 aliphatic carbocycles. The number of rotatable bonds is 3. The largest absolute Gasteiger partial charge is 0.459 e. The van der Waals surface area contributed by atoms with Crippen LogP contribution >= 0.6 is 15.9 Å². The molecule has 3 rings (SSSR count). The zero-order chi connectivity index (χ0) is 15.0. The smallest absolute Gasteiger partial charge is 0.303 e. The monoisotopic (exact) mass is 357 g/mol. The van der Waals surface area contributed by atoms with Gasteiger partial charge in [0.25, 0.3) is 0 Å². The summed E-state index contributed by atoms with van der Waals surface area (Å²) in [6.45, 7) is 8.87. The van der Waals surface area contributed by atoms with E-state index >= 15 is 0 Å². The summed E-state index contributed by atoms with van der Waals surface area (Å²) in [4.78, 5) is 14.7. The van der Waals surface area contributed by atoms with Gasteiger partial charge in [-0.25, -0.2) is 6.57 Å². The zero-order valence-corrected chi connectivity index (χ0v) is 13.7. The van der Waals surface area contributed by atoms with Gasteiger partial charge < -0.3 is 19.1 Å². The van der Waals surface area contributed by atoms with Crippen LogP contribution in [0.5, 0.6) is 0 Å². The molecule has 0 radical (unpaired) electrons. The van der Waals surface area contributed by atoms with E-state index in [1.165, 1.54) is 6.92 Å². The molecule has 0 aromatic heterocycles. The molecule has 2 aliphatic heterocycles. The quantitative estimate of drug-likeness (QED) is 0.442. The summed E-state index contributed by atoms with van der Waals surface area (Å²) >= 11 is 3.65. The Kier molecular flexibility index (Phi) is 4.26. The Labute approximate surface area is 133 Å². The Balaban J connectivity index is 1.72. The first-order valence-electron chi connectivity index (χ1n) is 7.52. The van der Waals surface area contributed by atoms with Gasteiger partial charge in [-0.15, -0.1) is 0 Å². The summed E-state index contributed by atoms with van der Waals surface area (Å²) < 4.78 is 17.9. The standard InChI is InChI=1S/C15H20BrNO4/c1-9(18)19-14-11(16)7-15-8-12(14)20-13(15)4-3-10(21-15)5-6-17-2/h10-14H,3-8H2,1H3/t10-,11-,12-,13+,14-,15?/m1/s1. The van der Waals surface area contributed by atoms with Crippen LogP contribution in [0.2, 0.25) is 0 Å². The first kappa shape index (κ1) is 15.3. The van der Waals surface area contributed by atoms with Gasteiger partial charge in [0, 0.05) is 19.8 Å². The molecule has 116 valence electrons. The van der Waals surface area contributed by atoms with Gasteiger partial charge in [-0.2, -0.15) is 0 Å². The second-order valence-electron chi connectivity index (χ2n) is 6.21. The van der Waals surface area contributed by atoms with Crippen molar-refractivity contribution in [2.75, 3.05) is 6.54 Å². The average Bonchev–Trinajstić information content (AvgIpc) is 2.74. The van der Waals surface area contributed by atoms with Crippen LogP contribution in [-0.2, 0) is 19.0 Å².